The molecule has 80 valence electrons. The molecule has 15 heavy (non-hydrogen) atoms. The van der Waals surface area contributed by atoms with Gasteiger partial charge in [0.2, 0.25) is 0 Å². The number of esters is 1. The number of nitrogens with two attached hydrogens (primary N) is 1. The zero-order chi connectivity index (χ0) is 11.4. The normalized spacial score (nSPS) is 11.9. The number of carbonyl (C=O) groups excluding carboxylic acids is 2. The van der Waals surface area contributed by atoms with E-state index >= 15 is 0 Å². The number of primary amides is 1. The maximum absolute atomic E-state index is 11.4. The van der Waals surface area contributed by atoms with E-state index in [1.54, 1.807) is 19.1 Å². The Kier molecular flexibility index (Phi) is 3.38. The number of hydrogen-bond acceptors (Lipinski definition) is 4. The lowest BCUT2D eigenvalue weighted by Crippen LogP contribution is -2.30. The Morgan fingerprint density at radius 3 is 2.60 bits per heavy atom. The number of amides is 1. The van der Waals surface area contributed by atoms with Crippen LogP contribution < -0.4 is 5.73 Å². The summed E-state index contributed by atoms with van der Waals surface area (Å²) in [6, 6.07) is 3.27. The van der Waals surface area contributed by atoms with E-state index < -0.39 is 18.0 Å². The Bertz CT molecular complexity index is 373. The molecule has 1 rings (SSSR count). The summed E-state index contributed by atoms with van der Waals surface area (Å²) in [5.74, 6) is -1.28. The zero-order valence-corrected chi connectivity index (χ0v) is 8.56. The first kappa shape index (κ1) is 11.2. The van der Waals surface area contributed by atoms with Crippen LogP contribution in [0.5, 0.6) is 0 Å². The molecule has 0 unspecified atom stereocenters. The molecule has 0 saturated carbocycles. The second-order valence-electron chi connectivity index (χ2n) is 3.14. The van der Waals surface area contributed by atoms with E-state index in [9.17, 15) is 9.59 Å². The highest BCUT2D eigenvalue weighted by atomic mass is 16.5. The predicted octanol–water partition coefficient (Wildman–Crippen LogP) is 0.421. The molecular formula is C10H12N2O3. The molecule has 1 aromatic heterocycles. The molecule has 0 aromatic carbocycles. The molecule has 0 spiro atoms. The lowest BCUT2D eigenvalue weighted by atomic mass is 10.2. The van der Waals surface area contributed by atoms with Crippen LogP contribution in [0.25, 0.3) is 0 Å². The molecule has 0 saturated heterocycles. The highest BCUT2D eigenvalue weighted by Crippen LogP contribution is 2.03. The van der Waals surface area contributed by atoms with Gasteiger partial charge in [0.05, 0.1) is 5.56 Å². The van der Waals surface area contributed by atoms with Crippen LogP contribution in [0.1, 0.15) is 23.0 Å². The molecule has 0 aliphatic rings. The van der Waals surface area contributed by atoms with E-state index in [-0.39, 0.29) is 0 Å². The maximum Gasteiger partial charge on any atom is 0.340 e. The Morgan fingerprint density at radius 2 is 2.13 bits per heavy atom. The lowest BCUT2D eigenvalue weighted by Gasteiger charge is -2.08. The van der Waals surface area contributed by atoms with Crippen molar-refractivity contribution in [1.82, 2.24) is 4.98 Å². The molecule has 0 aliphatic carbocycles. The third kappa shape index (κ3) is 3.05. The summed E-state index contributed by atoms with van der Waals surface area (Å²) in [6.45, 7) is 3.23. The van der Waals surface area contributed by atoms with Crippen molar-refractivity contribution in [2.75, 3.05) is 0 Å². The molecule has 1 aromatic rings. The number of nitrogens with zero attached hydrogens (tertiary/aromatic N) is 1. The van der Waals surface area contributed by atoms with E-state index in [2.05, 4.69) is 4.98 Å². The number of aryl methyl sites for hydroxylation is 1. The van der Waals surface area contributed by atoms with Gasteiger partial charge in [0.15, 0.2) is 6.10 Å². The summed E-state index contributed by atoms with van der Waals surface area (Å²) in [6.07, 6.45) is 0.463. The molecule has 1 atom stereocenters. The third-order valence-electron chi connectivity index (χ3n) is 1.83. The number of carbonyl (C=O) groups is 2. The van der Waals surface area contributed by atoms with E-state index in [4.69, 9.17) is 10.5 Å². The fourth-order valence-corrected chi connectivity index (χ4v) is 0.875. The topological polar surface area (TPSA) is 82.3 Å². The first-order chi connectivity index (χ1) is 7.00. The highest BCUT2D eigenvalue weighted by Gasteiger charge is 2.15. The Morgan fingerprint density at radius 1 is 1.47 bits per heavy atom. The molecule has 0 bridgehead atoms. The molecule has 0 radical (unpaired) electrons. The standard InChI is InChI=1S/C10H12N2O3/c1-6-3-4-8(5-12-6)10(14)15-7(2)9(11)13/h3-5,7H,1-2H3,(H2,11,13)/t7-/m1/s1. The van der Waals surface area contributed by atoms with Crippen LogP contribution in [0.15, 0.2) is 18.3 Å². The molecule has 0 fully saturated rings. The van der Waals surface area contributed by atoms with E-state index in [0.717, 1.165) is 5.69 Å². The van der Waals surface area contributed by atoms with E-state index in [0.29, 0.717) is 5.56 Å². The van der Waals surface area contributed by atoms with Gasteiger partial charge >= 0.3 is 5.97 Å². The van der Waals surface area contributed by atoms with Gasteiger partial charge < -0.3 is 10.5 Å². The van der Waals surface area contributed by atoms with Gasteiger partial charge in [-0.1, -0.05) is 0 Å². The summed E-state index contributed by atoms with van der Waals surface area (Å²) < 4.78 is 4.78. The van der Waals surface area contributed by atoms with Gasteiger partial charge in [0.1, 0.15) is 0 Å². The van der Waals surface area contributed by atoms with Crippen LogP contribution in [0, 0.1) is 6.92 Å². The first-order valence-electron chi connectivity index (χ1n) is 4.43. The van der Waals surface area contributed by atoms with Gasteiger partial charge in [-0.2, -0.15) is 0 Å². The number of pyridine rings is 1. The Balaban J connectivity index is 2.69. The van der Waals surface area contributed by atoms with Crippen molar-refractivity contribution in [2.24, 2.45) is 5.73 Å². The van der Waals surface area contributed by atoms with Gasteiger partial charge in [-0.05, 0) is 26.0 Å². The highest BCUT2D eigenvalue weighted by molar-refractivity contribution is 5.91. The Labute approximate surface area is 87.3 Å². The fraction of sp³-hybridized carbons (Fsp3) is 0.300. The zero-order valence-electron chi connectivity index (χ0n) is 8.56. The first-order valence-corrected chi connectivity index (χ1v) is 4.43. The number of ether oxygens (including phenoxy) is 1. The summed E-state index contributed by atoms with van der Waals surface area (Å²) in [5, 5.41) is 0. The maximum atomic E-state index is 11.4. The molecule has 1 amide bonds. The lowest BCUT2D eigenvalue weighted by molar-refractivity contribution is -0.125. The van der Waals surface area contributed by atoms with Gasteiger partial charge in [-0.3, -0.25) is 9.78 Å². The minimum atomic E-state index is -0.932. The van der Waals surface area contributed by atoms with Crippen LogP contribution >= 0.6 is 0 Å². The van der Waals surface area contributed by atoms with Gasteiger partial charge in [-0.15, -0.1) is 0 Å². The van der Waals surface area contributed by atoms with Crippen molar-refractivity contribution in [1.29, 1.82) is 0 Å². The molecule has 1 heterocycles. The van der Waals surface area contributed by atoms with Crippen LogP contribution in [0.4, 0.5) is 0 Å². The van der Waals surface area contributed by atoms with Gasteiger partial charge in [0.25, 0.3) is 5.91 Å². The van der Waals surface area contributed by atoms with Crippen LogP contribution in [-0.2, 0) is 9.53 Å². The fourth-order valence-electron chi connectivity index (χ4n) is 0.875. The van der Waals surface area contributed by atoms with Crippen molar-refractivity contribution in [3.63, 3.8) is 0 Å². The molecule has 5 nitrogen and oxygen atoms in total. The average Bonchev–Trinajstić information content (AvgIpc) is 2.18. The summed E-state index contributed by atoms with van der Waals surface area (Å²) in [5.41, 5.74) is 6.05. The van der Waals surface area contributed by atoms with Crippen molar-refractivity contribution >= 4 is 11.9 Å². The smallest absolute Gasteiger partial charge is 0.340 e. The second-order valence-corrected chi connectivity index (χ2v) is 3.14. The van der Waals surface area contributed by atoms with E-state index in [1.165, 1.54) is 13.1 Å². The summed E-state index contributed by atoms with van der Waals surface area (Å²) in [7, 11) is 0. The number of hydrogen-bond donors (Lipinski definition) is 1. The minimum Gasteiger partial charge on any atom is -0.449 e. The van der Waals surface area contributed by atoms with E-state index in [1.807, 2.05) is 0 Å². The minimum absolute atomic E-state index is 0.300. The van der Waals surface area contributed by atoms with Crippen molar-refractivity contribution in [2.45, 2.75) is 20.0 Å². The molecular weight excluding hydrogens is 196 g/mol. The predicted molar refractivity (Wildman–Crippen MR) is 53.0 cm³/mol. The Hall–Kier alpha value is -1.91. The quantitative estimate of drug-likeness (QED) is 0.730. The number of rotatable bonds is 3. The van der Waals surface area contributed by atoms with Crippen LogP contribution in [0.3, 0.4) is 0 Å². The monoisotopic (exact) mass is 208 g/mol. The summed E-state index contributed by atoms with van der Waals surface area (Å²) >= 11 is 0. The molecule has 0 aliphatic heterocycles. The SMILES string of the molecule is Cc1ccc(C(=O)O[C@H](C)C(N)=O)cn1. The average molecular weight is 208 g/mol. The van der Waals surface area contributed by atoms with Gasteiger partial charge in [0, 0.05) is 11.9 Å². The number of aromatic nitrogens is 1. The third-order valence-corrected chi connectivity index (χ3v) is 1.83. The van der Waals surface area contributed by atoms with Crippen molar-refractivity contribution in [3.8, 4) is 0 Å². The second kappa shape index (κ2) is 4.54. The van der Waals surface area contributed by atoms with Crippen molar-refractivity contribution in [3.05, 3.63) is 29.6 Å². The van der Waals surface area contributed by atoms with Gasteiger partial charge in [-0.25, -0.2) is 4.79 Å². The van der Waals surface area contributed by atoms with Crippen LogP contribution in [0.2, 0.25) is 0 Å². The van der Waals surface area contributed by atoms with Crippen LogP contribution in [-0.4, -0.2) is 23.0 Å². The largest absolute Gasteiger partial charge is 0.449 e. The summed E-state index contributed by atoms with van der Waals surface area (Å²) in [4.78, 5) is 26.0. The molecule has 5 heteroatoms. The molecule has 2 N–H and O–H groups in total. The van der Waals surface area contributed by atoms with Crippen molar-refractivity contribution < 1.29 is 14.3 Å².